The van der Waals surface area contributed by atoms with E-state index in [-0.39, 0.29) is 0 Å². The molecule has 1 N–H and O–H groups in total. The van der Waals surface area contributed by atoms with Crippen LogP contribution in [-0.2, 0) is 0 Å². The monoisotopic (exact) mass is 312 g/mol. The molecule has 2 heteroatoms. The molecule has 1 fully saturated rings. The number of piperidine rings is 1. The summed E-state index contributed by atoms with van der Waals surface area (Å²) in [5.74, 6) is 3.33. The highest BCUT2D eigenvalue weighted by Crippen LogP contribution is 2.25. The van der Waals surface area contributed by atoms with Gasteiger partial charge in [-0.1, -0.05) is 57.2 Å². The fourth-order valence-corrected chi connectivity index (χ4v) is 4.19. The molecule has 2 nitrogen and oxygen atoms in total. The standard InChI is InChI=1S/C21H29NO/c1-16-11-17(2)13-22(12-16)14-18(3)15-23-21-10-6-8-19-7-4-5-9-20(19)21/h4-10,16-18H,11-15H2,1-3H3/p+1/t16-,17-,18-/m1/s1. The molecule has 23 heavy (non-hydrogen) atoms. The summed E-state index contributed by atoms with van der Waals surface area (Å²) >= 11 is 0. The third-order valence-corrected chi connectivity index (χ3v) is 4.99. The van der Waals surface area contributed by atoms with Crippen molar-refractivity contribution in [2.24, 2.45) is 17.8 Å². The smallest absolute Gasteiger partial charge is 0.127 e. The van der Waals surface area contributed by atoms with Crippen LogP contribution in [0.3, 0.4) is 0 Å². The minimum Gasteiger partial charge on any atom is -0.492 e. The van der Waals surface area contributed by atoms with E-state index in [1.54, 1.807) is 4.90 Å². The van der Waals surface area contributed by atoms with Gasteiger partial charge in [0.15, 0.2) is 0 Å². The molecule has 0 bridgehead atoms. The Kier molecular flexibility index (Phi) is 5.22. The first-order valence-electron chi connectivity index (χ1n) is 9.06. The number of fused-ring (bicyclic) bond motifs is 1. The maximum absolute atomic E-state index is 6.16. The van der Waals surface area contributed by atoms with Gasteiger partial charge in [0, 0.05) is 23.1 Å². The van der Waals surface area contributed by atoms with Crippen LogP contribution < -0.4 is 9.64 Å². The summed E-state index contributed by atoms with van der Waals surface area (Å²) in [6, 6.07) is 14.8. The Hall–Kier alpha value is -1.54. The molecule has 3 atom stereocenters. The highest BCUT2D eigenvalue weighted by atomic mass is 16.5. The average molecular weight is 312 g/mol. The molecule has 3 rings (SSSR count). The molecule has 0 unspecified atom stereocenters. The Balaban J connectivity index is 1.57. The molecule has 0 radical (unpaired) electrons. The second kappa shape index (κ2) is 7.35. The Morgan fingerprint density at radius 2 is 1.74 bits per heavy atom. The van der Waals surface area contributed by atoms with Crippen LogP contribution >= 0.6 is 0 Å². The van der Waals surface area contributed by atoms with Crippen molar-refractivity contribution in [3.63, 3.8) is 0 Å². The first kappa shape index (κ1) is 16.3. The van der Waals surface area contributed by atoms with E-state index < -0.39 is 0 Å². The number of benzene rings is 2. The van der Waals surface area contributed by atoms with E-state index in [1.807, 2.05) is 0 Å². The van der Waals surface area contributed by atoms with E-state index in [9.17, 15) is 0 Å². The maximum Gasteiger partial charge on any atom is 0.127 e. The zero-order valence-electron chi connectivity index (χ0n) is 14.7. The van der Waals surface area contributed by atoms with Crippen molar-refractivity contribution in [1.29, 1.82) is 0 Å². The lowest BCUT2D eigenvalue weighted by molar-refractivity contribution is -0.915. The first-order chi connectivity index (χ1) is 11.1. The van der Waals surface area contributed by atoms with Gasteiger partial charge in [-0.25, -0.2) is 0 Å². The molecule has 1 aliphatic rings. The van der Waals surface area contributed by atoms with Crippen LogP contribution in [0, 0.1) is 17.8 Å². The summed E-state index contributed by atoms with van der Waals surface area (Å²) in [7, 11) is 0. The topological polar surface area (TPSA) is 13.7 Å². The van der Waals surface area contributed by atoms with Gasteiger partial charge < -0.3 is 9.64 Å². The minimum atomic E-state index is 0.585. The van der Waals surface area contributed by atoms with E-state index >= 15 is 0 Å². The number of rotatable bonds is 5. The van der Waals surface area contributed by atoms with Gasteiger partial charge in [-0.2, -0.15) is 0 Å². The number of likely N-dealkylation sites (tertiary alicyclic amines) is 1. The Morgan fingerprint density at radius 3 is 2.52 bits per heavy atom. The Bertz CT molecular complexity index is 623. The van der Waals surface area contributed by atoms with Crippen molar-refractivity contribution in [2.75, 3.05) is 26.2 Å². The highest BCUT2D eigenvalue weighted by molar-refractivity contribution is 5.88. The van der Waals surface area contributed by atoms with Gasteiger partial charge in [0.2, 0.25) is 0 Å². The highest BCUT2D eigenvalue weighted by Gasteiger charge is 2.26. The maximum atomic E-state index is 6.16. The molecular formula is C21H30NO+. The molecule has 2 aromatic rings. The van der Waals surface area contributed by atoms with Crippen LogP contribution in [0.15, 0.2) is 42.5 Å². The van der Waals surface area contributed by atoms with E-state index in [0.29, 0.717) is 5.92 Å². The van der Waals surface area contributed by atoms with Crippen molar-refractivity contribution in [2.45, 2.75) is 27.2 Å². The van der Waals surface area contributed by atoms with Gasteiger partial charge in [0.1, 0.15) is 5.75 Å². The third kappa shape index (κ3) is 4.26. The summed E-state index contributed by atoms with van der Waals surface area (Å²) in [6.07, 6.45) is 1.39. The zero-order valence-corrected chi connectivity index (χ0v) is 14.7. The molecule has 0 spiro atoms. The Labute approximate surface area is 140 Å². The predicted molar refractivity (Wildman–Crippen MR) is 97.1 cm³/mol. The van der Waals surface area contributed by atoms with E-state index in [0.717, 1.165) is 24.2 Å². The number of hydrogen-bond donors (Lipinski definition) is 1. The summed E-state index contributed by atoms with van der Waals surface area (Å²) in [4.78, 5) is 1.75. The quantitative estimate of drug-likeness (QED) is 0.893. The van der Waals surface area contributed by atoms with E-state index in [1.165, 1.54) is 36.8 Å². The summed E-state index contributed by atoms with van der Waals surface area (Å²) < 4.78 is 6.16. The first-order valence-corrected chi connectivity index (χ1v) is 9.06. The molecule has 2 aromatic carbocycles. The molecule has 1 saturated heterocycles. The van der Waals surface area contributed by atoms with Gasteiger partial charge in [-0.05, 0) is 17.9 Å². The number of hydrogen-bond acceptors (Lipinski definition) is 1. The summed E-state index contributed by atoms with van der Waals surface area (Å²) in [6.45, 7) is 11.8. The molecular weight excluding hydrogens is 282 g/mol. The number of ether oxygens (including phenoxy) is 1. The molecule has 124 valence electrons. The minimum absolute atomic E-state index is 0.585. The second-order valence-electron chi connectivity index (χ2n) is 7.70. The Morgan fingerprint density at radius 1 is 1.04 bits per heavy atom. The lowest BCUT2D eigenvalue weighted by atomic mass is 9.91. The fraction of sp³-hybridized carbons (Fsp3) is 0.524. The van der Waals surface area contributed by atoms with Crippen molar-refractivity contribution in [3.8, 4) is 5.75 Å². The van der Waals surface area contributed by atoms with Crippen molar-refractivity contribution in [1.82, 2.24) is 0 Å². The van der Waals surface area contributed by atoms with Crippen LogP contribution in [-0.4, -0.2) is 26.2 Å². The predicted octanol–water partition coefficient (Wildman–Crippen LogP) is 3.42. The SMILES string of the molecule is C[C@@H]1C[C@@H](C)C[NH+](C[C@@H](C)COc2cccc3ccccc23)C1. The fourth-order valence-electron chi connectivity index (χ4n) is 4.19. The molecule has 0 saturated carbocycles. The summed E-state index contributed by atoms with van der Waals surface area (Å²) in [5, 5.41) is 2.47. The number of quaternary nitrogens is 1. The second-order valence-corrected chi connectivity index (χ2v) is 7.70. The largest absolute Gasteiger partial charge is 0.492 e. The normalized spacial score (nSPS) is 26.1. The average Bonchev–Trinajstić information content (AvgIpc) is 2.52. The molecule has 1 heterocycles. The number of nitrogens with one attached hydrogen (secondary N) is 1. The van der Waals surface area contributed by atoms with Gasteiger partial charge in [0.25, 0.3) is 0 Å². The van der Waals surface area contributed by atoms with Crippen LogP contribution in [0.4, 0.5) is 0 Å². The van der Waals surface area contributed by atoms with Crippen molar-refractivity contribution < 1.29 is 9.64 Å². The van der Waals surface area contributed by atoms with Gasteiger partial charge in [0.05, 0.1) is 26.2 Å². The van der Waals surface area contributed by atoms with Crippen molar-refractivity contribution >= 4 is 10.8 Å². The van der Waals surface area contributed by atoms with Crippen LogP contribution in [0.2, 0.25) is 0 Å². The molecule has 0 aromatic heterocycles. The zero-order chi connectivity index (χ0) is 16.2. The third-order valence-electron chi connectivity index (χ3n) is 4.99. The van der Waals surface area contributed by atoms with Crippen LogP contribution in [0.25, 0.3) is 10.8 Å². The van der Waals surface area contributed by atoms with Crippen molar-refractivity contribution in [3.05, 3.63) is 42.5 Å². The summed E-state index contributed by atoms with van der Waals surface area (Å²) in [5.41, 5.74) is 0. The van der Waals surface area contributed by atoms with Gasteiger partial charge >= 0.3 is 0 Å². The van der Waals surface area contributed by atoms with E-state index in [4.69, 9.17) is 4.74 Å². The van der Waals surface area contributed by atoms with Crippen LogP contribution in [0.1, 0.15) is 27.2 Å². The van der Waals surface area contributed by atoms with Crippen LogP contribution in [0.5, 0.6) is 5.75 Å². The lowest BCUT2D eigenvalue weighted by Crippen LogP contribution is -3.15. The van der Waals surface area contributed by atoms with Gasteiger partial charge in [-0.15, -0.1) is 0 Å². The lowest BCUT2D eigenvalue weighted by Gasteiger charge is -2.33. The van der Waals surface area contributed by atoms with E-state index in [2.05, 4.69) is 63.2 Å². The molecule has 0 amide bonds. The molecule has 0 aliphatic carbocycles. The van der Waals surface area contributed by atoms with Gasteiger partial charge in [-0.3, -0.25) is 0 Å². The molecule has 1 aliphatic heterocycles.